The molecule has 8 nitrogen and oxygen atoms in total. The number of nitrogens with one attached hydrogen (secondary N) is 3. The molecule has 1 saturated heterocycles. The molecule has 0 radical (unpaired) electrons. The fourth-order valence-electron chi connectivity index (χ4n) is 4.69. The fourth-order valence-corrected chi connectivity index (χ4v) is 4.69. The zero-order chi connectivity index (χ0) is 23.4. The Kier molecular flexibility index (Phi) is 7.90. The summed E-state index contributed by atoms with van der Waals surface area (Å²) in [4.78, 5) is 40.5. The normalized spacial score (nSPS) is 25.4. The molecule has 176 valence electrons. The summed E-state index contributed by atoms with van der Waals surface area (Å²) in [6, 6.07) is 5.86. The molecule has 32 heavy (non-hydrogen) atoms. The molecule has 3 amide bonds. The van der Waals surface area contributed by atoms with Gasteiger partial charge in [-0.25, -0.2) is 0 Å². The zero-order valence-electron chi connectivity index (χ0n) is 19.4. The summed E-state index contributed by atoms with van der Waals surface area (Å²) in [5.74, 6) is -0.831. The summed E-state index contributed by atoms with van der Waals surface area (Å²) >= 11 is 0. The van der Waals surface area contributed by atoms with Crippen LogP contribution in [0.2, 0.25) is 0 Å². The van der Waals surface area contributed by atoms with Gasteiger partial charge in [-0.05, 0) is 63.6 Å². The van der Waals surface area contributed by atoms with Crippen molar-refractivity contribution in [2.45, 2.75) is 76.7 Å². The van der Waals surface area contributed by atoms with E-state index in [2.05, 4.69) is 28.1 Å². The van der Waals surface area contributed by atoms with E-state index in [1.165, 1.54) is 17.4 Å². The molecule has 3 rings (SSSR count). The first kappa shape index (κ1) is 24.2. The highest BCUT2D eigenvalue weighted by Gasteiger charge is 2.42. The van der Waals surface area contributed by atoms with Crippen LogP contribution in [0.5, 0.6) is 0 Å². The summed E-state index contributed by atoms with van der Waals surface area (Å²) in [6.07, 6.45) is 2.35. The second kappa shape index (κ2) is 10.4. The van der Waals surface area contributed by atoms with E-state index in [4.69, 9.17) is 0 Å². The lowest BCUT2D eigenvalue weighted by molar-refractivity contribution is -0.144. The molecule has 1 aromatic carbocycles. The van der Waals surface area contributed by atoms with Crippen molar-refractivity contribution < 1.29 is 19.5 Å². The van der Waals surface area contributed by atoms with Crippen LogP contribution >= 0.6 is 0 Å². The number of likely N-dealkylation sites (N-methyl/N-ethyl adjacent to an activating group) is 1. The Morgan fingerprint density at radius 2 is 1.91 bits per heavy atom. The van der Waals surface area contributed by atoms with Gasteiger partial charge in [-0.2, -0.15) is 0 Å². The van der Waals surface area contributed by atoms with Gasteiger partial charge in [-0.3, -0.25) is 14.4 Å². The van der Waals surface area contributed by atoms with Crippen LogP contribution in [0.15, 0.2) is 24.3 Å². The van der Waals surface area contributed by atoms with E-state index in [0.29, 0.717) is 13.0 Å². The van der Waals surface area contributed by atoms with Gasteiger partial charge in [0.1, 0.15) is 12.1 Å². The van der Waals surface area contributed by atoms with Crippen LogP contribution in [-0.4, -0.2) is 65.5 Å². The molecule has 1 fully saturated rings. The first-order valence-electron chi connectivity index (χ1n) is 11.6. The van der Waals surface area contributed by atoms with Gasteiger partial charge in [0.25, 0.3) is 0 Å². The van der Waals surface area contributed by atoms with E-state index in [1.54, 1.807) is 14.0 Å². The van der Waals surface area contributed by atoms with Crippen LogP contribution in [0.4, 0.5) is 0 Å². The van der Waals surface area contributed by atoms with Crippen molar-refractivity contribution in [1.29, 1.82) is 0 Å². The fraction of sp³-hybridized carbons (Fsp3) is 0.625. The third-order valence-electron chi connectivity index (χ3n) is 6.65. The maximum absolute atomic E-state index is 13.3. The smallest absolute Gasteiger partial charge is 0.248 e. The standard InChI is InChI=1S/C24H36N4O4/c1-14-12-20(23(31)26-19-11-7-9-17-8-5-6-10-18(17)19)28(13-14)24(32)21(16(3)29)27-22(30)15(2)25-4/h5-6,8,10,14-16,19-21,25,29H,7,9,11-13H2,1-4H3,(H,26,31)(H,27,30)/t14-,15-,16-,19+,20-,21-/m0/s1. The summed E-state index contributed by atoms with van der Waals surface area (Å²) in [6.45, 7) is 5.57. The van der Waals surface area contributed by atoms with Crippen LogP contribution in [-0.2, 0) is 20.8 Å². The predicted molar refractivity (Wildman–Crippen MR) is 122 cm³/mol. The minimum Gasteiger partial charge on any atom is -0.391 e. The van der Waals surface area contributed by atoms with E-state index < -0.39 is 30.1 Å². The Morgan fingerprint density at radius 1 is 1.19 bits per heavy atom. The van der Waals surface area contributed by atoms with Crippen molar-refractivity contribution in [2.24, 2.45) is 5.92 Å². The minimum absolute atomic E-state index is 0.0657. The lowest BCUT2D eigenvalue weighted by Gasteiger charge is -2.32. The molecule has 1 aliphatic heterocycles. The number of nitrogens with zero attached hydrogens (tertiary/aromatic N) is 1. The summed E-state index contributed by atoms with van der Waals surface area (Å²) in [7, 11) is 1.65. The highest BCUT2D eigenvalue weighted by Crippen LogP contribution is 2.31. The predicted octanol–water partition coefficient (Wildman–Crippen LogP) is 0.891. The molecule has 2 aliphatic rings. The van der Waals surface area contributed by atoms with E-state index in [9.17, 15) is 19.5 Å². The van der Waals surface area contributed by atoms with Crippen LogP contribution in [0.1, 0.15) is 57.2 Å². The third kappa shape index (κ3) is 5.30. The number of carbonyl (C=O) groups is 3. The summed E-state index contributed by atoms with van der Waals surface area (Å²) in [5, 5.41) is 18.9. The lowest BCUT2D eigenvalue weighted by Crippen LogP contribution is -2.59. The Hall–Kier alpha value is -2.45. The number of likely N-dealkylation sites (tertiary alicyclic amines) is 1. The van der Waals surface area contributed by atoms with Gasteiger partial charge >= 0.3 is 0 Å². The van der Waals surface area contributed by atoms with Gasteiger partial charge in [0.05, 0.1) is 18.2 Å². The molecular weight excluding hydrogens is 408 g/mol. The van der Waals surface area contributed by atoms with E-state index >= 15 is 0 Å². The average molecular weight is 445 g/mol. The van der Waals surface area contributed by atoms with E-state index in [-0.39, 0.29) is 23.8 Å². The number of benzene rings is 1. The Morgan fingerprint density at radius 3 is 2.59 bits per heavy atom. The van der Waals surface area contributed by atoms with Crippen molar-refractivity contribution >= 4 is 17.7 Å². The molecular formula is C24H36N4O4. The third-order valence-corrected chi connectivity index (χ3v) is 6.65. The van der Waals surface area contributed by atoms with Crippen molar-refractivity contribution in [2.75, 3.05) is 13.6 Å². The number of aliphatic hydroxyl groups excluding tert-OH is 1. The Labute approximate surface area is 190 Å². The molecule has 8 heteroatoms. The van der Waals surface area contributed by atoms with Gasteiger partial charge in [0, 0.05) is 6.54 Å². The Balaban J connectivity index is 1.74. The molecule has 1 aromatic rings. The van der Waals surface area contributed by atoms with Gasteiger partial charge < -0.3 is 26.0 Å². The molecule has 4 N–H and O–H groups in total. The molecule has 0 aromatic heterocycles. The van der Waals surface area contributed by atoms with Crippen LogP contribution < -0.4 is 16.0 Å². The van der Waals surface area contributed by atoms with Gasteiger partial charge in [0.2, 0.25) is 17.7 Å². The number of rotatable bonds is 7. The van der Waals surface area contributed by atoms with Crippen molar-refractivity contribution in [3.63, 3.8) is 0 Å². The number of fused-ring (bicyclic) bond motifs is 1. The SMILES string of the molecule is CN[C@@H](C)C(=O)N[C@H](C(=O)N1C[C@@H](C)C[C@H]1C(=O)N[C@@H]1CCCc2ccccc21)[C@H](C)O. The van der Waals surface area contributed by atoms with Gasteiger partial charge in [0.15, 0.2) is 0 Å². The monoisotopic (exact) mass is 444 g/mol. The number of hydrogen-bond donors (Lipinski definition) is 4. The molecule has 1 heterocycles. The highest BCUT2D eigenvalue weighted by atomic mass is 16.3. The second-order valence-electron chi connectivity index (χ2n) is 9.24. The molecule has 0 unspecified atom stereocenters. The lowest BCUT2D eigenvalue weighted by atomic mass is 9.87. The van der Waals surface area contributed by atoms with Crippen LogP contribution in [0.25, 0.3) is 0 Å². The number of hydrogen-bond acceptors (Lipinski definition) is 5. The first-order chi connectivity index (χ1) is 15.2. The van der Waals surface area contributed by atoms with Gasteiger partial charge in [-0.1, -0.05) is 31.2 Å². The van der Waals surface area contributed by atoms with Gasteiger partial charge in [-0.15, -0.1) is 0 Å². The molecule has 0 saturated carbocycles. The largest absolute Gasteiger partial charge is 0.391 e. The average Bonchev–Trinajstić information content (AvgIpc) is 3.18. The Bertz CT molecular complexity index is 843. The second-order valence-corrected chi connectivity index (χ2v) is 9.24. The topological polar surface area (TPSA) is 111 Å². The number of aryl methyl sites for hydroxylation is 1. The minimum atomic E-state index is -1.10. The molecule has 1 aliphatic carbocycles. The quantitative estimate of drug-likeness (QED) is 0.499. The highest BCUT2D eigenvalue weighted by molar-refractivity contribution is 5.94. The summed E-state index contributed by atoms with van der Waals surface area (Å²) < 4.78 is 0. The molecule has 0 bridgehead atoms. The summed E-state index contributed by atoms with van der Waals surface area (Å²) in [5.41, 5.74) is 2.40. The van der Waals surface area contributed by atoms with E-state index in [0.717, 1.165) is 24.8 Å². The van der Waals surface area contributed by atoms with Crippen molar-refractivity contribution in [1.82, 2.24) is 20.9 Å². The van der Waals surface area contributed by atoms with E-state index in [1.807, 2.05) is 19.1 Å². The zero-order valence-corrected chi connectivity index (χ0v) is 19.4. The van der Waals surface area contributed by atoms with Crippen LogP contribution in [0, 0.1) is 5.92 Å². The molecule has 6 atom stereocenters. The maximum Gasteiger partial charge on any atom is 0.248 e. The number of aliphatic hydroxyl groups is 1. The van der Waals surface area contributed by atoms with Crippen LogP contribution in [0.3, 0.4) is 0 Å². The first-order valence-corrected chi connectivity index (χ1v) is 11.6. The number of amides is 3. The van der Waals surface area contributed by atoms with Crippen molar-refractivity contribution in [3.8, 4) is 0 Å². The molecule has 0 spiro atoms. The maximum atomic E-state index is 13.3. The number of carbonyl (C=O) groups excluding carboxylic acids is 3. The van der Waals surface area contributed by atoms with Crippen molar-refractivity contribution in [3.05, 3.63) is 35.4 Å².